The molecule has 0 saturated carbocycles. The first-order chi connectivity index (χ1) is 16.4. The second-order valence-corrected chi connectivity index (χ2v) is 9.38. The van der Waals surface area contributed by atoms with Crippen LogP contribution in [-0.4, -0.2) is 29.4 Å². The predicted molar refractivity (Wildman–Crippen MR) is 135 cm³/mol. The first-order valence-corrected chi connectivity index (χ1v) is 11.9. The smallest absolute Gasteiger partial charge is 0.337 e. The monoisotopic (exact) mass is 490 g/mol. The van der Waals surface area contributed by atoms with E-state index in [1.54, 1.807) is 4.90 Å². The Labute approximate surface area is 204 Å². The molecule has 4 aromatic rings. The van der Waals surface area contributed by atoms with Gasteiger partial charge in [-0.05, 0) is 48.7 Å². The van der Waals surface area contributed by atoms with Gasteiger partial charge in [-0.3, -0.25) is 9.59 Å². The normalized spacial score (nSPS) is 12.9. The molecule has 0 atom stereocenters. The summed E-state index contributed by atoms with van der Waals surface area (Å²) in [5, 5.41) is 13.4. The zero-order valence-corrected chi connectivity index (χ0v) is 19.4. The maximum absolute atomic E-state index is 13.4. The van der Waals surface area contributed by atoms with Crippen molar-refractivity contribution in [2.45, 2.75) is 12.8 Å². The van der Waals surface area contributed by atoms with Gasteiger partial charge >= 0.3 is 5.97 Å². The van der Waals surface area contributed by atoms with E-state index in [-0.39, 0.29) is 22.0 Å². The first-order valence-electron chi connectivity index (χ1n) is 10.7. The lowest BCUT2D eigenvalue weighted by atomic mass is 10.00. The summed E-state index contributed by atoms with van der Waals surface area (Å²) < 4.78 is 0.851. The summed E-state index contributed by atoms with van der Waals surface area (Å²) in [6, 6.07) is 19.4. The maximum atomic E-state index is 13.4. The van der Waals surface area contributed by atoms with Gasteiger partial charge in [-0.1, -0.05) is 48.0 Å². The molecule has 170 valence electrons. The number of nitrogens with one attached hydrogen (secondary N) is 1. The number of aryl methyl sites for hydroxylation is 1. The number of thiophene rings is 1. The van der Waals surface area contributed by atoms with E-state index in [9.17, 15) is 19.5 Å². The number of nitrogens with zero attached hydrogens (tertiary/aromatic N) is 1. The van der Waals surface area contributed by atoms with E-state index in [4.69, 9.17) is 11.6 Å². The molecule has 5 rings (SSSR count). The van der Waals surface area contributed by atoms with Gasteiger partial charge in [0.15, 0.2) is 0 Å². The summed E-state index contributed by atoms with van der Waals surface area (Å²) in [4.78, 5) is 40.2. The molecule has 0 fully saturated rings. The number of amides is 2. The molecule has 0 aliphatic carbocycles. The molecule has 2 heterocycles. The lowest BCUT2D eigenvalue weighted by molar-refractivity contribution is 0.0697. The summed E-state index contributed by atoms with van der Waals surface area (Å²) in [6.45, 7) is 0.565. The Kier molecular flexibility index (Phi) is 5.81. The average Bonchev–Trinajstić information content (AvgIpc) is 3.19. The van der Waals surface area contributed by atoms with Gasteiger partial charge in [0.25, 0.3) is 11.8 Å². The molecule has 0 radical (unpaired) electrons. The molecule has 6 nitrogen and oxygen atoms in total. The molecule has 1 aliphatic rings. The largest absolute Gasteiger partial charge is 0.478 e. The van der Waals surface area contributed by atoms with E-state index in [1.165, 1.54) is 29.5 Å². The fourth-order valence-corrected chi connectivity index (χ4v) is 5.62. The van der Waals surface area contributed by atoms with Crippen LogP contribution < -0.4 is 10.2 Å². The van der Waals surface area contributed by atoms with Crippen LogP contribution in [0.2, 0.25) is 5.02 Å². The number of carboxylic acid groups (broad SMARTS) is 1. The molecule has 0 saturated heterocycles. The number of benzene rings is 3. The summed E-state index contributed by atoms with van der Waals surface area (Å²) in [6.07, 6.45) is 1.74. The van der Waals surface area contributed by atoms with Gasteiger partial charge < -0.3 is 15.3 Å². The highest BCUT2D eigenvalue weighted by molar-refractivity contribution is 7.21. The molecule has 1 aromatic heterocycles. The molecule has 0 spiro atoms. The number of hydrogen-bond donors (Lipinski definition) is 2. The minimum Gasteiger partial charge on any atom is -0.478 e. The molecule has 8 heteroatoms. The van der Waals surface area contributed by atoms with Gasteiger partial charge in [0, 0.05) is 27.9 Å². The van der Waals surface area contributed by atoms with Crippen LogP contribution >= 0.6 is 22.9 Å². The molecule has 2 N–H and O–H groups in total. The predicted octanol–water partition coefficient (Wildman–Crippen LogP) is 6.10. The highest BCUT2D eigenvalue weighted by Crippen LogP contribution is 2.36. The molecular weight excluding hydrogens is 472 g/mol. The van der Waals surface area contributed by atoms with Crippen molar-refractivity contribution in [3.05, 3.63) is 93.3 Å². The first kappa shape index (κ1) is 22.1. The number of carbonyl (C=O) groups excluding carboxylic acids is 2. The van der Waals surface area contributed by atoms with Crippen molar-refractivity contribution in [1.82, 2.24) is 0 Å². The van der Waals surface area contributed by atoms with E-state index < -0.39 is 11.9 Å². The Morgan fingerprint density at radius 2 is 1.76 bits per heavy atom. The Morgan fingerprint density at radius 3 is 2.56 bits per heavy atom. The van der Waals surface area contributed by atoms with Gasteiger partial charge in [-0.2, -0.15) is 0 Å². The van der Waals surface area contributed by atoms with Crippen molar-refractivity contribution < 1.29 is 19.5 Å². The number of hydrogen-bond acceptors (Lipinski definition) is 4. The van der Waals surface area contributed by atoms with E-state index in [0.717, 1.165) is 34.2 Å². The van der Waals surface area contributed by atoms with Crippen molar-refractivity contribution in [2.24, 2.45) is 0 Å². The molecule has 2 amide bonds. The van der Waals surface area contributed by atoms with Crippen molar-refractivity contribution >= 4 is 62.2 Å². The molecule has 34 heavy (non-hydrogen) atoms. The SMILES string of the molecule is O=C(O)c1ccc(C(=O)N2CCCc3ccccc32)cc1NC(=O)c1sc2ccccc2c1Cl. The van der Waals surface area contributed by atoms with Crippen molar-refractivity contribution in [3.63, 3.8) is 0 Å². The highest BCUT2D eigenvalue weighted by Gasteiger charge is 2.25. The Bertz CT molecular complexity index is 1460. The fraction of sp³-hybridized carbons (Fsp3) is 0.115. The third kappa shape index (κ3) is 3.93. The molecule has 3 aromatic carbocycles. The number of aromatic carboxylic acids is 1. The number of fused-ring (bicyclic) bond motifs is 2. The third-order valence-electron chi connectivity index (χ3n) is 5.84. The second-order valence-electron chi connectivity index (χ2n) is 7.95. The van der Waals surface area contributed by atoms with Gasteiger partial charge in [0.1, 0.15) is 4.88 Å². The lowest BCUT2D eigenvalue weighted by Crippen LogP contribution is -2.35. The van der Waals surface area contributed by atoms with Crippen LogP contribution in [-0.2, 0) is 6.42 Å². The summed E-state index contributed by atoms with van der Waals surface area (Å²) in [7, 11) is 0. The molecule has 0 unspecified atom stereocenters. The molecular formula is C26H19ClN2O4S. The zero-order valence-electron chi connectivity index (χ0n) is 17.9. The van der Waals surface area contributed by atoms with Crippen LogP contribution in [0.3, 0.4) is 0 Å². The maximum Gasteiger partial charge on any atom is 0.337 e. The number of rotatable bonds is 4. The standard InChI is InChI=1S/C26H19ClN2O4S/c27-22-18-8-2-4-10-21(18)34-23(22)24(30)28-19-14-16(11-12-17(19)26(32)33)25(31)29-13-5-7-15-6-1-3-9-20(15)29/h1-4,6,8-12,14H,5,7,13H2,(H,28,30)(H,32,33). The number of carboxylic acids is 1. The summed E-state index contributed by atoms with van der Waals surface area (Å²) in [5.41, 5.74) is 2.17. The van der Waals surface area contributed by atoms with Crippen LogP contribution in [0.1, 0.15) is 42.4 Å². The summed E-state index contributed by atoms with van der Waals surface area (Å²) >= 11 is 7.65. The van der Waals surface area contributed by atoms with Crippen LogP contribution in [0, 0.1) is 0 Å². The van der Waals surface area contributed by atoms with Crippen LogP contribution in [0.15, 0.2) is 66.7 Å². The zero-order chi connectivity index (χ0) is 23.8. The number of halogens is 1. The highest BCUT2D eigenvalue weighted by atomic mass is 35.5. The summed E-state index contributed by atoms with van der Waals surface area (Å²) in [5.74, 6) is -1.99. The Balaban J connectivity index is 1.49. The average molecular weight is 491 g/mol. The van der Waals surface area contributed by atoms with Crippen molar-refractivity contribution in [1.29, 1.82) is 0 Å². The van der Waals surface area contributed by atoms with E-state index >= 15 is 0 Å². The van der Waals surface area contributed by atoms with E-state index in [0.29, 0.717) is 17.1 Å². The number of anilines is 2. The van der Waals surface area contributed by atoms with Gasteiger partial charge in [-0.25, -0.2) is 4.79 Å². The van der Waals surface area contributed by atoms with E-state index in [1.807, 2.05) is 48.5 Å². The van der Waals surface area contributed by atoms with Gasteiger partial charge in [0.2, 0.25) is 0 Å². The molecule has 1 aliphatic heterocycles. The third-order valence-corrected chi connectivity index (χ3v) is 7.52. The second kappa shape index (κ2) is 8.93. The number of para-hydroxylation sites is 1. The van der Waals surface area contributed by atoms with Crippen molar-refractivity contribution in [2.75, 3.05) is 16.8 Å². The number of carbonyl (C=O) groups is 3. The Hall–Kier alpha value is -3.68. The quantitative estimate of drug-likeness (QED) is 0.362. The minimum absolute atomic E-state index is 0.0437. The molecule has 0 bridgehead atoms. The van der Waals surface area contributed by atoms with Crippen LogP contribution in [0.25, 0.3) is 10.1 Å². The fourth-order valence-electron chi connectivity index (χ4n) is 4.21. The van der Waals surface area contributed by atoms with E-state index in [2.05, 4.69) is 5.32 Å². The minimum atomic E-state index is -1.21. The topological polar surface area (TPSA) is 86.7 Å². The van der Waals surface area contributed by atoms with Gasteiger partial charge in [0.05, 0.1) is 16.3 Å². The van der Waals surface area contributed by atoms with Gasteiger partial charge in [-0.15, -0.1) is 11.3 Å². The van der Waals surface area contributed by atoms with Crippen LogP contribution in [0.4, 0.5) is 11.4 Å². The Morgan fingerprint density at radius 1 is 1.00 bits per heavy atom. The lowest BCUT2D eigenvalue weighted by Gasteiger charge is -2.29. The van der Waals surface area contributed by atoms with Crippen LogP contribution in [0.5, 0.6) is 0 Å². The van der Waals surface area contributed by atoms with Crippen molar-refractivity contribution in [3.8, 4) is 0 Å².